The molecule has 2 radical (unpaired) electrons. The zero-order valence-electron chi connectivity index (χ0n) is 3.35. The first-order valence-electron chi connectivity index (χ1n) is 0.561. The molecule has 0 amide bonds. The van der Waals surface area contributed by atoms with Crippen molar-refractivity contribution >= 4 is 169 Å². The quantitative estimate of drug-likeness (QED) is 0.385. The fourth-order valence-corrected chi connectivity index (χ4v) is 0. The van der Waals surface area contributed by atoms with Gasteiger partial charge in [0.25, 0.3) is 0 Å². The van der Waals surface area contributed by atoms with Crippen molar-refractivity contribution in [3.63, 3.8) is 0 Å². The summed E-state index contributed by atoms with van der Waals surface area (Å²) in [5.74, 6) is 0. The summed E-state index contributed by atoms with van der Waals surface area (Å²) in [7, 11) is 4.64. The molecule has 0 aliphatic rings. The Hall–Kier alpha value is 5.91. The van der Waals surface area contributed by atoms with Gasteiger partial charge in [-0.25, -0.2) is 0 Å². The average Bonchev–Trinajstić information content (AvgIpc) is 1.50. The predicted molar refractivity (Wildman–Crippen MR) is 42.4 cm³/mol. The molecule has 37 valence electrons. The summed E-state index contributed by atoms with van der Waals surface area (Å²) in [6, 6.07) is 0. The summed E-state index contributed by atoms with van der Waals surface area (Å²) in [4.78, 5) is 0. The molecule has 0 atom stereocenters. The molecule has 8 heavy (non-hydrogen) atoms. The molecule has 0 unspecified atom stereocenters. The van der Waals surface area contributed by atoms with Gasteiger partial charge in [-0.1, -0.05) is 0 Å². The summed E-state index contributed by atoms with van der Waals surface area (Å²) in [5, 5.41) is 0. The zero-order valence-corrected chi connectivity index (χ0v) is 12.6. The van der Waals surface area contributed by atoms with Gasteiger partial charge in [-0.3, -0.25) is 0 Å². The Kier molecular flexibility index (Phi) is 243. The van der Waals surface area contributed by atoms with Crippen LogP contribution in [0.3, 0.4) is 0 Å². The molecule has 0 spiro atoms. The molecule has 0 fully saturated rings. The van der Waals surface area contributed by atoms with Crippen LogP contribution in [0.4, 0.5) is 0 Å². The molecule has 0 heterocycles. The summed E-state index contributed by atoms with van der Waals surface area (Å²) in [6.45, 7) is 0. The number of hydrogen-bond donors (Lipinski definition) is 0. The first kappa shape index (κ1) is 37.1. The van der Waals surface area contributed by atoms with Crippen LogP contribution in [0.15, 0.2) is 0 Å². The SMILES string of the molecule is Cl.[KH].[KH].[Li][Cl].[O]=[Nb].[PbH2]. The third kappa shape index (κ3) is 40.6. The van der Waals surface area contributed by atoms with Crippen LogP contribution in [0, 0.1) is 0 Å². The third-order valence-electron chi connectivity index (χ3n) is 0. The maximum absolute atomic E-state index is 8.30. The van der Waals surface area contributed by atoms with Gasteiger partial charge in [-0.05, 0) is 0 Å². The van der Waals surface area contributed by atoms with E-state index in [4.69, 9.17) is 3.25 Å². The van der Waals surface area contributed by atoms with Gasteiger partial charge < -0.3 is 0 Å². The Morgan fingerprint density at radius 3 is 1.12 bits per heavy atom. The van der Waals surface area contributed by atoms with Crippen molar-refractivity contribution in [3.8, 4) is 0 Å². The molecule has 0 aromatic heterocycles. The number of hydrogen-bond acceptors (Lipinski definition) is 1. The first-order valence-corrected chi connectivity index (χ1v) is 2.21. The fourth-order valence-electron chi connectivity index (χ4n) is 0. The van der Waals surface area contributed by atoms with E-state index in [9.17, 15) is 0 Å². The van der Waals surface area contributed by atoms with E-state index in [1.807, 2.05) is 0 Å². The van der Waals surface area contributed by atoms with Crippen LogP contribution < -0.4 is 0 Å². The summed E-state index contributed by atoms with van der Waals surface area (Å²) in [5.41, 5.74) is 0. The van der Waals surface area contributed by atoms with Gasteiger partial charge in [0.05, 0.1) is 0 Å². The third-order valence-corrected chi connectivity index (χ3v) is 0. The van der Waals surface area contributed by atoms with Gasteiger partial charge in [-0.15, -0.1) is 12.4 Å². The van der Waals surface area contributed by atoms with E-state index in [1.54, 1.807) is 0 Å². The summed E-state index contributed by atoms with van der Waals surface area (Å²) >= 11 is 1.97. The molecule has 0 aliphatic heterocycles. The molecule has 0 aromatic carbocycles. The summed E-state index contributed by atoms with van der Waals surface area (Å²) in [6.07, 6.45) is 0. The minimum absolute atomic E-state index is 0. The zero-order chi connectivity index (χ0) is 4.00. The van der Waals surface area contributed by atoms with Crippen molar-refractivity contribution in [2.75, 3.05) is 0 Å². The van der Waals surface area contributed by atoms with Gasteiger partial charge in [0, 0.05) is 0 Å². The molecule has 8 heteroatoms. The van der Waals surface area contributed by atoms with Gasteiger partial charge in [-0.2, -0.15) is 0 Å². The standard InChI is InChI=1S/2ClH.2K.Li.Nb.O.Pb.4H/h2*1H;;;;;;;;;;/q;;;;+1;;;;;;;/p-1. The van der Waals surface area contributed by atoms with Crippen LogP contribution >= 0.6 is 22.2 Å². The first-order chi connectivity index (χ1) is 2.00. The normalized spacial score (nSPS) is 1.25. The molecular formula is H5Cl2K2LiNbOPb. The van der Waals surface area contributed by atoms with E-state index >= 15 is 0 Å². The Bertz CT molecular complexity index is 20.0. The molecular weight excluding hydrogens is 472 g/mol. The minimum atomic E-state index is 0. The van der Waals surface area contributed by atoms with Gasteiger partial charge in [0.2, 0.25) is 0 Å². The second kappa shape index (κ2) is 52.4. The maximum atomic E-state index is 8.30. The second-order valence-electron chi connectivity index (χ2n) is 0. The topological polar surface area (TPSA) is 17.1 Å². The van der Waals surface area contributed by atoms with Crippen molar-refractivity contribution in [3.05, 3.63) is 0 Å². The van der Waals surface area contributed by atoms with Crippen LogP contribution in [-0.2, 0) is 24.3 Å². The van der Waals surface area contributed by atoms with Crippen LogP contribution in [0.25, 0.3) is 0 Å². The van der Waals surface area contributed by atoms with Crippen LogP contribution in [0.1, 0.15) is 0 Å². The molecule has 0 N–H and O–H groups in total. The van der Waals surface area contributed by atoms with E-state index in [1.165, 1.54) is 16.7 Å². The predicted octanol–water partition coefficient (Wildman–Crippen LogP) is -1.60. The monoisotopic (exact) mass is 477 g/mol. The second-order valence-corrected chi connectivity index (χ2v) is 0. The van der Waals surface area contributed by atoms with Crippen molar-refractivity contribution in [1.29, 1.82) is 0 Å². The van der Waals surface area contributed by atoms with E-state index in [2.05, 4.69) is 9.80 Å². The van der Waals surface area contributed by atoms with Gasteiger partial charge >= 0.3 is 181 Å². The van der Waals surface area contributed by atoms with Crippen LogP contribution in [-0.4, -0.2) is 147 Å². The molecule has 0 rings (SSSR count). The van der Waals surface area contributed by atoms with Crippen molar-refractivity contribution in [1.82, 2.24) is 0 Å². The van der Waals surface area contributed by atoms with E-state index in [-0.39, 0.29) is 142 Å². The Balaban J connectivity index is -0.00000000167. The van der Waals surface area contributed by atoms with E-state index in [0.29, 0.717) is 21.0 Å². The molecule has 0 aromatic rings. The molecule has 0 saturated heterocycles. The fraction of sp³-hybridized carbons (Fsp3) is 0. The van der Waals surface area contributed by atoms with Crippen LogP contribution in [0.2, 0.25) is 0 Å². The van der Waals surface area contributed by atoms with Crippen molar-refractivity contribution in [2.45, 2.75) is 0 Å². The number of rotatable bonds is 0. The Morgan fingerprint density at radius 1 is 1.12 bits per heavy atom. The Labute approximate surface area is 187 Å². The molecule has 0 bridgehead atoms. The molecule has 0 aliphatic carbocycles. The molecule has 0 saturated carbocycles. The van der Waals surface area contributed by atoms with Crippen molar-refractivity contribution in [2.24, 2.45) is 0 Å². The van der Waals surface area contributed by atoms with E-state index in [0.717, 1.165) is 0 Å². The molecule has 1 nitrogen and oxygen atoms in total. The average molecular weight is 477 g/mol. The van der Waals surface area contributed by atoms with Crippen molar-refractivity contribution < 1.29 is 24.3 Å². The van der Waals surface area contributed by atoms with Crippen LogP contribution in [0.5, 0.6) is 0 Å². The summed E-state index contributed by atoms with van der Waals surface area (Å²) < 4.78 is 8.30. The van der Waals surface area contributed by atoms with E-state index < -0.39 is 0 Å². The van der Waals surface area contributed by atoms with Gasteiger partial charge in [0.15, 0.2) is 0 Å². The Morgan fingerprint density at radius 2 is 1.12 bits per heavy atom. The number of halogens is 2. The van der Waals surface area contributed by atoms with Gasteiger partial charge in [0.1, 0.15) is 0 Å².